The highest BCUT2D eigenvalue weighted by atomic mass is 16.6. The van der Waals surface area contributed by atoms with Crippen molar-refractivity contribution >= 4 is 17.2 Å². The average molecular weight is 371 g/mol. The molecule has 1 aliphatic rings. The van der Waals surface area contributed by atoms with Gasteiger partial charge in [0.25, 0.3) is 0 Å². The van der Waals surface area contributed by atoms with Crippen molar-refractivity contribution in [1.82, 2.24) is 9.97 Å². The smallest absolute Gasteiger partial charge is 0.311 e. The Hall–Kier alpha value is -2.90. The molecule has 0 radical (unpaired) electrons. The average Bonchev–Trinajstić information content (AvgIpc) is 2.62. The van der Waals surface area contributed by atoms with Crippen molar-refractivity contribution in [3.63, 3.8) is 0 Å². The lowest BCUT2D eigenvalue weighted by atomic mass is 10.0. The van der Waals surface area contributed by atoms with E-state index in [0.717, 1.165) is 49.0 Å². The Morgan fingerprint density at radius 2 is 2.00 bits per heavy atom. The molecule has 0 amide bonds. The summed E-state index contributed by atoms with van der Waals surface area (Å²) >= 11 is 0. The molecule has 1 aromatic heterocycles. The molecule has 0 saturated carbocycles. The number of benzene rings is 1. The summed E-state index contributed by atoms with van der Waals surface area (Å²) in [6.07, 6.45) is 1.92. The molecule has 1 N–H and O–H groups in total. The maximum absolute atomic E-state index is 11.1. The van der Waals surface area contributed by atoms with Gasteiger partial charge in [0.1, 0.15) is 11.6 Å². The highest BCUT2D eigenvalue weighted by molar-refractivity contribution is 5.58. The molecule has 2 aromatic rings. The van der Waals surface area contributed by atoms with Crippen LogP contribution in [-0.4, -0.2) is 40.6 Å². The van der Waals surface area contributed by atoms with Crippen LogP contribution in [0.1, 0.15) is 31.3 Å². The van der Waals surface area contributed by atoms with Crippen molar-refractivity contribution < 1.29 is 9.66 Å². The Morgan fingerprint density at radius 1 is 1.26 bits per heavy atom. The van der Waals surface area contributed by atoms with Gasteiger partial charge in [-0.05, 0) is 39.7 Å². The van der Waals surface area contributed by atoms with Crippen LogP contribution in [0.4, 0.5) is 17.2 Å². The third-order valence-corrected chi connectivity index (χ3v) is 4.60. The van der Waals surface area contributed by atoms with Gasteiger partial charge in [-0.3, -0.25) is 10.1 Å². The van der Waals surface area contributed by atoms with Gasteiger partial charge in [0.15, 0.2) is 5.75 Å². The van der Waals surface area contributed by atoms with E-state index in [1.807, 2.05) is 26.8 Å². The van der Waals surface area contributed by atoms with E-state index in [1.54, 1.807) is 12.1 Å². The number of piperidine rings is 1. The number of hydrogen-bond donors (Lipinski definition) is 1. The Bertz CT molecular complexity index is 799. The number of anilines is 2. The molecule has 2 heterocycles. The number of aryl methyl sites for hydroxylation is 2. The van der Waals surface area contributed by atoms with Crippen molar-refractivity contribution in [2.24, 2.45) is 0 Å². The van der Waals surface area contributed by atoms with Gasteiger partial charge in [-0.15, -0.1) is 0 Å². The predicted octanol–water partition coefficient (Wildman–Crippen LogP) is 3.48. The van der Waals surface area contributed by atoms with Crippen LogP contribution in [0.15, 0.2) is 24.3 Å². The summed E-state index contributed by atoms with van der Waals surface area (Å²) in [6, 6.07) is 7.27. The maximum atomic E-state index is 11.1. The van der Waals surface area contributed by atoms with E-state index in [1.165, 1.54) is 6.07 Å². The van der Waals surface area contributed by atoms with Gasteiger partial charge in [0.2, 0.25) is 0 Å². The van der Waals surface area contributed by atoms with Crippen LogP contribution in [0.2, 0.25) is 0 Å². The first-order valence-electron chi connectivity index (χ1n) is 9.21. The van der Waals surface area contributed by atoms with Crippen LogP contribution in [0, 0.1) is 24.0 Å². The van der Waals surface area contributed by atoms with Crippen LogP contribution >= 0.6 is 0 Å². The Balaban J connectivity index is 1.63. The quantitative estimate of drug-likeness (QED) is 0.614. The molecular weight excluding hydrogens is 346 g/mol. The summed E-state index contributed by atoms with van der Waals surface area (Å²) in [5.41, 5.74) is 1.81. The Kier molecular flexibility index (Phi) is 5.73. The number of nitro groups is 1. The SMILES string of the molecule is CCOc1cc(NC2CCN(c3cc(C)nc(C)n3)CC2)ccc1[N+](=O)[O-]. The van der Waals surface area contributed by atoms with Gasteiger partial charge < -0.3 is 15.0 Å². The monoisotopic (exact) mass is 371 g/mol. The molecule has 1 saturated heterocycles. The fraction of sp³-hybridized carbons (Fsp3) is 0.474. The number of nitrogens with one attached hydrogen (secondary N) is 1. The molecule has 0 atom stereocenters. The van der Waals surface area contributed by atoms with E-state index in [2.05, 4.69) is 20.2 Å². The summed E-state index contributed by atoms with van der Waals surface area (Å²) < 4.78 is 5.42. The second-order valence-corrected chi connectivity index (χ2v) is 6.69. The topological polar surface area (TPSA) is 93.4 Å². The van der Waals surface area contributed by atoms with Crippen LogP contribution in [0.25, 0.3) is 0 Å². The molecule has 1 aromatic carbocycles. The lowest BCUT2D eigenvalue weighted by molar-refractivity contribution is -0.385. The van der Waals surface area contributed by atoms with Crippen molar-refractivity contribution in [2.75, 3.05) is 29.9 Å². The molecule has 144 valence electrons. The van der Waals surface area contributed by atoms with Gasteiger partial charge in [-0.1, -0.05) is 0 Å². The second kappa shape index (κ2) is 8.20. The van der Waals surface area contributed by atoms with E-state index < -0.39 is 4.92 Å². The Labute approximate surface area is 158 Å². The summed E-state index contributed by atoms with van der Waals surface area (Å²) in [6.45, 7) is 7.90. The summed E-state index contributed by atoms with van der Waals surface area (Å²) in [5.74, 6) is 2.07. The first-order chi connectivity index (χ1) is 13.0. The number of hydrogen-bond acceptors (Lipinski definition) is 7. The van der Waals surface area contributed by atoms with Gasteiger partial charge in [0, 0.05) is 48.7 Å². The lowest BCUT2D eigenvalue weighted by Crippen LogP contribution is -2.39. The number of rotatable bonds is 6. The van der Waals surface area contributed by atoms with Crippen molar-refractivity contribution in [3.05, 3.63) is 45.9 Å². The van der Waals surface area contributed by atoms with Gasteiger partial charge in [-0.2, -0.15) is 0 Å². The minimum Gasteiger partial charge on any atom is -0.487 e. The van der Waals surface area contributed by atoms with Crippen LogP contribution in [0.3, 0.4) is 0 Å². The van der Waals surface area contributed by atoms with Crippen LogP contribution in [0.5, 0.6) is 5.75 Å². The zero-order valence-electron chi connectivity index (χ0n) is 15.9. The summed E-state index contributed by atoms with van der Waals surface area (Å²) in [7, 11) is 0. The molecule has 0 aliphatic carbocycles. The molecule has 8 heteroatoms. The van der Waals surface area contributed by atoms with E-state index in [9.17, 15) is 10.1 Å². The number of nitro benzene ring substituents is 1. The fourth-order valence-electron chi connectivity index (χ4n) is 3.37. The van der Waals surface area contributed by atoms with Crippen LogP contribution < -0.4 is 15.0 Å². The fourth-order valence-corrected chi connectivity index (χ4v) is 3.37. The lowest BCUT2D eigenvalue weighted by Gasteiger charge is -2.33. The highest BCUT2D eigenvalue weighted by Gasteiger charge is 2.22. The van der Waals surface area contributed by atoms with Crippen molar-refractivity contribution in [3.8, 4) is 5.75 Å². The third kappa shape index (κ3) is 4.64. The van der Waals surface area contributed by atoms with E-state index in [-0.39, 0.29) is 5.69 Å². The molecule has 0 bridgehead atoms. The molecule has 8 nitrogen and oxygen atoms in total. The molecule has 0 spiro atoms. The minimum absolute atomic E-state index is 0.00767. The zero-order chi connectivity index (χ0) is 19.4. The predicted molar refractivity (Wildman–Crippen MR) is 105 cm³/mol. The van der Waals surface area contributed by atoms with Gasteiger partial charge >= 0.3 is 5.69 Å². The third-order valence-electron chi connectivity index (χ3n) is 4.60. The normalized spacial score (nSPS) is 14.9. The molecule has 1 aliphatic heterocycles. The minimum atomic E-state index is -0.418. The molecule has 3 rings (SSSR count). The standard InChI is InChI=1S/C19H25N5O3/c1-4-27-18-12-16(5-6-17(18)24(25)26)22-15-7-9-23(10-8-15)19-11-13(2)20-14(3)21-19/h5-6,11-12,15,22H,4,7-10H2,1-3H3. The van der Waals surface area contributed by atoms with Gasteiger partial charge in [-0.25, -0.2) is 9.97 Å². The largest absolute Gasteiger partial charge is 0.487 e. The van der Waals surface area contributed by atoms with E-state index in [0.29, 0.717) is 18.4 Å². The molecule has 0 unspecified atom stereocenters. The molecule has 27 heavy (non-hydrogen) atoms. The van der Waals surface area contributed by atoms with E-state index in [4.69, 9.17) is 4.74 Å². The number of aromatic nitrogens is 2. The van der Waals surface area contributed by atoms with Crippen LogP contribution in [-0.2, 0) is 0 Å². The van der Waals surface area contributed by atoms with Crippen molar-refractivity contribution in [1.29, 1.82) is 0 Å². The second-order valence-electron chi connectivity index (χ2n) is 6.69. The summed E-state index contributed by atoms with van der Waals surface area (Å²) in [5, 5.41) is 14.6. The van der Waals surface area contributed by atoms with E-state index >= 15 is 0 Å². The summed E-state index contributed by atoms with van der Waals surface area (Å²) in [4.78, 5) is 21.8. The van der Waals surface area contributed by atoms with Crippen molar-refractivity contribution in [2.45, 2.75) is 39.7 Å². The molecular formula is C19H25N5O3. The Morgan fingerprint density at radius 3 is 2.63 bits per heavy atom. The first-order valence-corrected chi connectivity index (χ1v) is 9.21. The first kappa shape index (κ1) is 18.9. The van der Waals surface area contributed by atoms with Gasteiger partial charge in [0.05, 0.1) is 11.5 Å². The highest BCUT2D eigenvalue weighted by Crippen LogP contribution is 2.31. The maximum Gasteiger partial charge on any atom is 0.311 e. The number of nitrogens with zero attached hydrogens (tertiary/aromatic N) is 4. The molecule has 1 fully saturated rings. The zero-order valence-corrected chi connectivity index (χ0v) is 15.9. The number of ether oxygens (including phenoxy) is 1.